The molecule has 1 aliphatic heterocycles. The van der Waals surface area contributed by atoms with Gasteiger partial charge in [-0.2, -0.15) is 4.98 Å². The summed E-state index contributed by atoms with van der Waals surface area (Å²) in [6.45, 7) is 4.74. The first kappa shape index (κ1) is 13.9. The van der Waals surface area contributed by atoms with Gasteiger partial charge < -0.3 is 9.64 Å². The summed E-state index contributed by atoms with van der Waals surface area (Å²) >= 11 is 0. The minimum absolute atomic E-state index is 0.542. The zero-order chi connectivity index (χ0) is 14.5. The second-order valence-electron chi connectivity index (χ2n) is 5.32. The van der Waals surface area contributed by atoms with Gasteiger partial charge in [0.1, 0.15) is 6.61 Å². The number of aryl methyl sites for hydroxylation is 1. The van der Waals surface area contributed by atoms with Gasteiger partial charge in [-0.05, 0) is 24.8 Å². The Morgan fingerprint density at radius 1 is 1.10 bits per heavy atom. The standard InChI is InChI=1S/C17H21N3O/c1-2-15-12-16(21-13-14-8-4-3-5-9-14)19-17(18-15)20-10-6-7-11-20/h3-5,8-9,12H,2,6-7,10-11,13H2,1H3. The smallest absolute Gasteiger partial charge is 0.228 e. The van der Waals surface area contributed by atoms with E-state index in [0.717, 1.165) is 36.7 Å². The molecule has 0 N–H and O–H groups in total. The van der Waals surface area contributed by atoms with Crippen molar-refractivity contribution >= 4 is 5.95 Å². The van der Waals surface area contributed by atoms with Crippen LogP contribution in [0.2, 0.25) is 0 Å². The van der Waals surface area contributed by atoms with Gasteiger partial charge in [0, 0.05) is 24.8 Å². The third kappa shape index (κ3) is 3.51. The molecule has 0 unspecified atom stereocenters. The highest BCUT2D eigenvalue weighted by Gasteiger charge is 2.16. The van der Waals surface area contributed by atoms with Crippen molar-refractivity contribution in [2.24, 2.45) is 0 Å². The fraction of sp³-hybridized carbons (Fsp3) is 0.412. The minimum Gasteiger partial charge on any atom is -0.473 e. The molecule has 1 fully saturated rings. The van der Waals surface area contributed by atoms with Crippen LogP contribution in [0, 0.1) is 0 Å². The molecule has 1 aliphatic rings. The lowest BCUT2D eigenvalue weighted by Crippen LogP contribution is -2.21. The molecule has 110 valence electrons. The summed E-state index contributed by atoms with van der Waals surface area (Å²) in [4.78, 5) is 11.4. The third-order valence-electron chi connectivity index (χ3n) is 3.72. The van der Waals surface area contributed by atoms with Gasteiger partial charge >= 0.3 is 0 Å². The SMILES string of the molecule is CCc1cc(OCc2ccccc2)nc(N2CCCC2)n1. The average Bonchev–Trinajstić information content (AvgIpc) is 3.08. The normalized spacial score (nSPS) is 14.4. The summed E-state index contributed by atoms with van der Waals surface area (Å²) in [6.07, 6.45) is 3.34. The molecule has 1 aromatic carbocycles. The lowest BCUT2D eigenvalue weighted by Gasteiger charge is -2.17. The maximum Gasteiger partial charge on any atom is 0.228 e. The molecule has 3 rings (SSSR count). The lowest BCUT2D eigenvalue weighted by atomic mass is 10.2. The largest absolute Gasteiger partial charge is 0.473 e. The zero-order valence-corrected chi connectivity index (χ0v) is 12.5. The summed E-state index contributed by atoms with van der Waals surface area (Å²) < 4.78 is 5.86. The Morgan fingerprint density at radius 2 is 1.86 bits per heavy atom. The quantitative estimate of drug-likeness (QED) is 0.844. The minimum atomic E-state index is 0.542. The van der Waals surface area contributed by atoms with Crippen molar-refractivity contribution in [3.8, 4) is 5.88 Å². The molecule has 1 aromatic heterocycles. The van der Waals surface area contributed by atoms with Crippen LogP contribution >= 0.6 is 0 Å². The van der Waals surface area contributed by atoms with Crippen molar-refractivity contribution in [2.45, 2.75) is 32.8 Å². The van der Waals surface area contributed by atoms with Gasteiger partial charge in [-0.15, -0.1) is 0 Å². The molecule has 4 heteroatoms. The van der Waals surface area contributed by atoms with E-state index in [1.165, 1.54) is 12.8 Å². The zero-order valence-electron chi connectivity index (χ0n) is 12.5. The Morgan fingerprint density at radius 3 is 2.57 bits per heavy atom. The van der Waals surface area contributed by atoms with Gasteiger partial charge in [0.25, 0.3) is 0 Å². The van der Waals surface area contributed by atoms with E-state index in [4.69, 9.17) is 4.74 Å². The van der Waals surface area contributed by atoms with E-state index >= 15 is 0 Å². The van der Waals surface area contributed by atoms with Crippen LogP contribution in [0.15, 0.2) is 36.4 Å². The summed E-state index contributed by atoms with van der Waals surface area (Å²) in [5, 5.41) is 0. The molecule has 0 spiro atoms. The van der Waals surface area contributed by atoms with Crippen molar-refractivity contribution in [1.29, 1.82) is 0 Å². The predicted molar refractivity (Wildman–Crippen MR) is 83.6 cm³/mol. The van der Waals surface area contributed by atoms with Gasteiger partial charge in [-0.3, -0.25) is 0 Å². The van der Waals surface area contributed by atoms with Crippen molar-refractivity contribution in [3.63, 3.8) is 0 Å². The van der Waals surface area contributed by atoms with Crippen LogP contribution in [0.4, 0.5) is 5.95 Å². The maximum atomic E-state index is 5.86. The number of aromatic nitrogens is 2. The summed E-state index contributed by atoms with van der Waals surface area (Å²) in [6, 6.07) is 12.1. The third-order valence-corrected chi connectivity index (χ3v) is 3.72. The van der Waals surface area contributed by atoms with Crippen LogP contribution in [0.5, 0.6) is 5.88 Å². The highest BCUT2D eigenvalue weighted by atomic mass is 16.5. The van der Waals surface area contributed by atoms with Crippen molar-refractivity contribution < 1.29 is 4.74 Å². The first-order chi connectivity index (χ1) is 10.3. The number of hydrogen-bond donors (Lipinski definition) is 0. The second kappa shape index (κ2) is 6.57. The highest BCUT2D eigenvalue weighted by molar-refractivity contribution is 5.35. The number of rotatable bonds is 5. The number of anilines is 1. The van der Waals surface area contributed by atoms with Crippen LogP contribution in [0.25, 0.3) is 0 Å². The molecule has 1 saturated heterocycles. The van der Waals surface area contributed by atoms with Gasteiger partial charge in [0.15, 0.2) is 0 Å². The topological polar surface area (TPSA) is 38.2 Å². The van der Waals surface area contributed by atoms with Crippen LogP contribution in [0.1, 0.15) is 31.0 Å². The van der Waals surface area contributed by atoms with Crippen molar-refractivity contribution in [2.75, 3.05) is 18.0 Å². The van der Waals surface area contributed by atoms with E-state index < -0.39 is 0 Å². The summed E-state index contributed by atoms with van der Waals surface area (Å²) in [5.41, 5.74) is 2.19. The Labute approximate surface area is 125 Å². The molecule has 0 saturated carbocycles. The molecule has 2 heterocycles. The van der Waals surface area contributed by atoms with Gasteiger partial charge in [-0.25, -0.2) is 4.98 Å². The van der Waals surface area contributed by atoms with Gasteiger partial charge in [0.05, 0.1) is 0 Å². The Balaban J connectivity index is 1.75. The number of nitrogens with zero attached hydrogens (tertiary/aromatic N) is 3. The van der Waals surface area contributed by atoms with E-state index in [-0.39, 0.29) is 0 Å². The predicted octanol–water partition coefficient (Wildman–Crippen LogP) is 3.22. The van der Waals surface area contributed by atoms with Crippen LogP contribution in [-0.2, 0) is 13.0 Å². The number of hydrogen-bond acceptors (Lipinski definition) is 4. The Kier molecular flexibility index (Phi) is 4.34. The molecule has 4 nitrogen and oxygen atoms in total. The number of ether oxygens (including phenoxy) is 1. The van der Waals surface area contributed by atoms with Crippen molar-refractivity contribution in [3.05, 3.63) is 47.7 Å². The first-order valence-electron chi connectivity index (χ1n) is 7.65. The molecule has 0 atom stereocenters. The maximum absolute atomic E-state index is 5.86. The van der Waals surface area contributed by atoms with E-state index in [1.54, 1.807) is 0 Å². The monoisotopic (exact) mass is 283 g/mol. The number of benzene rings is 1. The highest BCUT2D eigenvalue weighted by Crippen LogP contribution is 2.20. The molecule has 0 bridgehead atoms. The molecule has 0 aliphatic carbocycles. The molecule has 0 amide bonds. The molecule has 21 heavy (non-hydrogen) atoms. The van der Waals surface area contributed by atoms with Crippen LogP contribution in [-0.4, -0.2) is 23.1 Å². The lowest BCUT2D eigenvalue weighted by molar-refractivity contribution is 0.293. The summed E-state index contributed by atoms with van der Waals surface area (Å²) in [7, 11) is 0. The Hall–Kier alpha value is -2.10. The molecular formula is C17H21N3O. The fourth-order valence-electron chi connectivity index (χ4n) is 2.50. The van der Waals surface area contributed by atoms with Gasteiger partial charge in [-0.1, -0.05) is 37.3 Å². The van der Waals surface area contributed by atoms with Crippen LogP contribution in [0.3, 0.4) is 0 Å². The second-order valence-corrected chi connectivity index (χ2v) is 5.32. The Bertz CT molecular complexity index is 580. The van der Waals surface area contributed by atoms with E-state index in [2.05, 4.69) is 33.9 Å². The summed E-state index contributed by atoms with van der Waals surface area (Å²) in [5.74, 6) is 1.49. The first-order valence-corrected chi connectivity index (χ1v) is 7.65. The average molecular weight is 283 g/mol. The van der Waals surface area contributed by atoms with Crippen molar-refractivity contribution in [1.82, 2.24) is 9.97 Å². The van der Waals surface area contributed by atoms with Gasteiger partial charge in [0.2, 0.25) is 11.8 Å². The molecule has 2 aromatic rings. The van der Waals surface area contributed by atoms with E-state index in [0.29, 0.717) is 12.5 Å². The van der Waals surface area contributed by atoms with Crippen LogP contribution < -0.4 is 9.64 Å². The van der Waals surface area contributed by atoms with E-state index in [1.807, 2.05) is 24.3 Å². The molecule has 0 radical (unpaired) electrons. The molecular weight excluding hydrogens is 262 g/mol. The van der Waals surface area contributed by atoms with E-state index in [9.17, 15) is 0 Å². The fourth-order valence-corrected chi connectivity index (χ4v) is 2.50.